The van der Waals surface area contributed by atoms with E-state index in [1.807, 2.05) is 37.3 Å². The van der Waals surface area contributed by atoms with Crippen LogP contribution in [0.2, 0.25) is 0 Å². The van der Waals surface area contributed by atoms with Gasteiger partial charge in [-0.2, -0.15) is 0 Å². The second-order valence-corrected chi connectivity index (χ2v) is 6.06. The van der Waals surface area contributed by atoms with Crippen molar-refractivity contribution in [2.75, 3.05) is 23.4 Å². The molecule has 0 radical (unpaired) electrons. The van der Waals surface area contributed by atoms with Crippen LogP contribution in [0, 0.1) is 0 Å². The first-order chi connectivity index (χ1) is 14.1. The van der Waals surface area contributed by atoms with Gasteiger partial charge in [0.25, 0.3) is 5.91 Å². The molecule has 1 N–H and O–H groups in total. The third kappa shape index (κ3) is 4.76. The topological polar surface area (TPSA) is 84.4 Å². The van der Waals surface area contributed by atoms with E-state index in [1.165, 1.54) is 6.33 Å². The van der Waals surface area contributed by atoms with Gasteiger partial charge in [-0.15, -0.1) is 0 Å². The maximum Gasteiger partial charge on any atom is 0.340 e. The number of carbonyl (C=O) groups excluding carboxylic acids is 2. The number of esters is 1. The first kappa shape index (κ1) is 20.0. The number of nitrogens with one attached hydrogen (secondary N) is 1. The van der Waals surface area contributed by atoms with Gasteiger partial charge in [-0.25, -0.2) is 14.8 Å². The lowest BCUT2D eigenvalue weighted by Gasteiger charge is -2.20. The van der Waals surface area contributed by atoms with E-state index in [9.17, 15) is 9.59 Å². The normalized spacial score (nSPS) is 10.3. The summed E-state index contributed by atoms with van der Waals surface area (Å²) in [6.07, 6.45) is 1.32. The molecule has 0 bridgehead atoms. The molecule has 0 aliphatic heterocycles. The van der Waals surface area contributed by atoms with Gasteiger partial charge in [-0.3, -0.25) is 4.79 Å². The summed E-state index contributed by atoms with van der Waals surface area (Å²) in [6.45, 7) is 4.44. The van der Waals surface area contributed by atoms with Crippen LogP contribution in [-0.2, 0) is 4.74 Å². The van der Waals surface area contributed by atoms with Crippen molar-refractivity contribution in [3.63, 3.8) is 0 Å². The summed E-state index contributed by atoms with van der Waals surface area (Å²) in [5, 5.41) is 3.08. The molecule has 7 nitrogen and oxygen atoms in total. The van der Waals surface area contributed by atoms with Gasteiger partial charge in [0.15, 0.2) is 0 Å². The van der Waals surface area contributed by atoms with E-state index in [-0.39, 0.29) is 18.2 Å². The maximum absolute atomic E-state index is 13.0. The molecule has 0 aliphatic carbocycles. The summed E-state index contributed by atoms with van der Waals surface area (Å²) < 4.78 is 5.09. The lowest BCUT2D eigenvalue weighted by molar-refractivity contribution is 0.0527. The molecular formula is C22H22N4O3. The van der Waals surface area contributed by atoms with E-state index in [0.717, 1.165) is 5.69 Å². The van der Waals surface area contributed by atoms with E-state index in [1.54, 1.807) is 42.2 Å². The number of ether oxygens (including phenoxy) is 1. The second-order valence-electron chi connectivity index (χ2n) is 6.06. The Hall–Kier alpha value is -3.74. The standard InChI is InChI=1S/C22H22N4O3/c1-3-26(16-10-6-5-7-11-16)21(27)19-14-20(24-15-23-19)25-18-13-9-8-12-17(18)22(28)29-4-2/h5-15H,3-4H2,1-2H3,(H,23,24,25). The maximum atomic E-state index is 13.0. The van der Waals surface area contributed by atoms with E-state index in [0.29, 0.717) is 23.6 Å². The van der Waals surface area contributed by atoms with Crippen LogP contribution in [0.4, 0.5) is 17.2 Å². The monoisotopic (exact) mass is 390 g/mol. The molecule has 0 aliphatic rings. The zero-order valence-electron chi connectivity index (χ0n) is 16.3. The molecular weight excluding hydrogens is 368 g/mol. The summed E-state index contributed by atoms with van der Waals surface area (Å²) in [4.78, 5) is 35.1. The molecule has 1 aromatic heterocycles. The summed E-state index contributed by atoms with van der Waals surface area (Å²) in [6, 6.07) is 17.9. The van der Waals surface area contributed by atoms with Gasteiger partial charge in [0.1, 0.15) is 17.8 Å². The van der Waals surface area contributed by atoms with Crippen molar-refractivity contribution in [3.8, 4) is 0 Å². The van der Waals surface area contributed by atoms with Gasteiger partial charge in [0.2, 0.25) is 0 Å². The minimum atomic E-state index is -0.429. The van der Waals surface area contributed by atoms with Crippen LogP contribution in [0.25, 0.3) is 0 Å². The van der Waals surface area contributed by atoms with Gasteiger partial charge >= 0.3 is 5.97 Å². The molecule has 1 amide bonds. The number of hydrogen-bond acceptors (Lipinski definition) is 6. The van der Waals surface area contributed by atoms with Gasteiger partial charge in [0.05, 0.1) is 17.9 Å². The van der Waals surface area contributed by atoms with Crippen molar-refractivity contribution in [1.82, 2.24) is 9.97 Å². The predicted molar refractivity (Wildman–Crippen MR) is 112 cm³/mol. The fraction of sp³-hybridized carbons (Fsp3) is 0.182. The summed E-state index contributed by atoms with van der Waals surface area (Å²) in [5.41, 5.74) is 1.97. The highest BCUT2D eigenvalue weighted by molar-refractivity contribution is 6.05. The molecule has 3 aromatic rings. The number of aromatic nitrogens is 2. The zero-order chi connectivity index (χ0) is 20.6. The van der Waals surface area contributed by atoms with Crippen molar-refractivity contribution in [3.05, 3.63) is 78.2 Å². The Balaban J connectivity index is 1.85. The molecule has 0 fully saturated rings. The number of hydrogen-bond donors (Lipinski definition) is 1. The van der Waals surface area contributed by atoms with Crippen molar-refractivity contribution in [2.45, 2.75) is 13.8 Å². The minimum Gasteiger partial charge on any atom is -0.462 e. The molecule has 0 spiro atoms. The Morgan fingerprint density at radius 3 is 2.45 bits per heavy atom. The van der Waals surface area contributed by atoms with Crippen molar-refractivity contribution >= 4 is 29.1 Å². The van der Waals surface area contributed by atoms with Crippen LogP contribution in [0.1, 0.15) is 34.7 Å². The minimum absolute atomic E-state index is 0.233. The highest BCUT2D eigenvalue weighted by atomic mass is 16.5. The number of carbonyl (C=O) groups is 2. The Kier molecular flexibility index (Phi) is 6.52. The van der Waals surface area contributed by atoms with Gasteiger partial charge in [-0.05, 0) is 38.1 Å². The second kappa shape index (κ2) is 9.45. The quantitative estimate of drug-likeness (QED) is 0.613. The molecule has 29 heavy (non-hydrogen) atoms. The summed E-state index contributed by atoms with van der Waals surface area (Å²) in [7, 11) is 0. The molecule has 0 saturated carbocycles. The molecule has 1 heterocycles. The average molecular weight is 390 g/mol. The Bertz CT molecular complexity index is 992. The smallest absolute Gasteiger partial charge is 0.340 e. The number of amides is 1. The lowest BCUT2D eigenvalue weighted by Crippen LogP contribution is -2.31. The Labute approximate surface area is 169 Å². The first-order valence-corrected chi connectivity index (χ1v) is 9.36. The highest BCUT2D eigenvalue weighted by Gasteiger charge is 2.18. The fourth-order valence-corrected chi connectivity index (χ4v) is 2.85. The molecule has 0 unspecified atom stereocenters. The van der Waals surface area contributed by atoms with E-state index < -0.39 is 5.97 Å². The first-order valence-electron chi connectivity index (χ1n) is 9.36. The van der Waals surface area contributed by atoms with E-state index >= 15 is 0 Å². The highest BCUT2D eigenvalue weighted by Crippen LogP contribution is 2.22. The third-order valence-electron chi connectivity index (χ3n) is 4.20. The summed E-state index contributed by atoms with van der Waals surface area (Å²) >= 11 is 0. The molecule has 7 heteroatoms. The molecule has 0 saturated heterocycles. The van der Waals surface area contributed by atoms with Crippen LogP contribution in [0.15, 0.2) is 67.0 Å². The predicted octanol–water partition coefficient (Wildman–Crippen LogP) is 4.06. The summed E-state index contributed by atoms with van der Waals surface area (Å²) in [5.74, 6) is -0.255. The molecule has 148 valence electrons. The molecule has 3 rings (SSSR count). The SMILES string of the molecule is CCOC(=O)c1ccccc1Nc1cc(C(=O)N(CC)c2ccccc2)ncn1. The van der Waals surface area contributed by atoms with Crippen LogP contribution in [0.5, 0.6) is 0 Å². The van der Waals surface area contributed by atoms with Crippen LogP contribution in [0.3, 0.4) is 0 Å². The van der Waals surface area contributed by atoms with Gasteiger partial charge < -0.3 is 15.0 Å². The Morgan fingerprint density at radius 1 is 1.00 bits per heavy atom. The van der Waals surface area contributed by atoms with Crippen molar-refractivity contribution in [2.24, 2.45) is 0 Å². The largest absolute Gasteiger partial charge is 0.462 e. The lowest BCUT2D eigenvalue weighted by atomic mass is 10.2. The average Bonchev–Trinajstić information content (AvgIpc) is 2.76. The van der Waals surface area contributed by atoms with E-state index in [2.05, 4.69) is 15.3 Å². The van der Waals surface area contributed by atoms with Crippen molar-refractivity contribution < 1.29 is 14.3 Å². The van der Waals surface area contributed by atoms with Crippen LogP contribution < -0.4 is 10.2 Å². The van der Waals surface area contributed by atoms with Gasteiger partial charge in [0, 0.05) is 18.3 Å². The molecule has 0 atom stereocenters. The molecule has 2 aromatic carbocycles. The number of para-hydroxylation sites is 2. The van der Waals surface area contributed by atoms with Crippen molar-refractivity contribution in [1.29, 1.82) is 0 Å². The van der Waals surface area contributed by atoms with Crippen LogP contribution in [-0.4, -0.2) is 35.0 Å². The van der Waals surface area contributed by atoms with Crippen LogP contribution >= 0.6 is 0 Å². The zero-order valence-corrected chi connectivity index (χ0v) is 16.3. The third-order valence-corrected chi connectivity index (χ3v) is 4.20. The fourth-order valence-electron chi connectivity index (χ4n) is 2.85. The van der Waals surface area contributed by atoms with E-state index in [4.69, 9.17) is 4.74 Å². The number of anilines is 3. The number of rotatable bonds is 7. The number of benzene rings is 2. The number of nitrogens with zero attached hydrogens (tertiary/aromatic N) is 3. The Morgan fingerprint density at radius 2 is 1.72 bits per heavy atom. The van der Waals surface area contributed by atoms with Gasteiger partial charge in [-0.1, -0.05) is 30.3 Å².